The molecule has 1 aromatic carbocycles. The number of nitrogens with one attached hydrogen (secondary N) is 1. The third-order valence-corrected chi connectivity index (χ3v) is 8.95. The molecule has 0 radical (unpaired) electrons. The Kier molecular flexibility index (Phi) is 3.49. The summed E-state index contributed by atoms with van der Waals surface area (Å²) in [5.74, 6) is 0.838. The molecule has 3 heterocycles. The lowest BCUT2D eigenvalue weighted by atomic mass is 9.78. The molecule has 0 fully saturated rings. The Morgan fingerprint density at radius 2 is 1.62 bits per heavy atom. The molecular weight excluding hydrogens is 407 g/mol. The van der Waals surface area contributed by atoms with Crippen molar-refractivity contribution in [2.24, 2.45) is 0 Å². The third-order valence-electron chi connectivity index (χ3n) is 5.44. The maximum absolute atomic E-state index is 10.2. The number of halogens is 2. The number of imidazole rings is 1. The van der Waals surface area contributed by atoms with Crippen LogP contribution in [-0.2, 0) is 0 Å². The molecule has 132 valence electrons. The molecular formula is C19H14Cl2N2OS2. The van der Waals surface area contributed by atoms with Crippen LogP contribution < -0.4 is 10.7 Å². The van der Waals surface area contributed by atoms with Crippen LogP contribution in [0.2, 0.25) is 0 Å². The fourth-order valence-corrected chi connectivity index (χ4v) is 7.61. The lowest BCUT2D eigenvalue weighted by Gasteiger charge is -2.43. The van der Waals surface area contributed by atoms with Gasteiger partial charge in [0.1, 0.15) is 11.6 Å². The monoisotopic (exact) mass is 420 g/mol. The van der Waals surface area contributed by atoms with Crippen molar-refractivity contribution in [3.63, 3.8) is 0 Å². The van der Waals surface area contributed by atoms with E-state index in [-0.39, 0.29) is 15.2 Å². The van der Waals surface area contributed by atoms with Crippen LogP contribution in [0.5, 0.6) is 5.75 Å². The summed E-state index contributed by atoms with van der Waals surface area (Å²) in [6.45, 7) is 4.41. The second kappa shape index (κ2) is 5.38. The van der Waals surface area contributed by atoms with Gasteiger partial charge in [-0.25, -0.2) is 4.98 Å². The van der Waals surface area contributed by atoms with Gasteiger partial charge in [-0.05, 0) is 49.3 Å². The molecule has 2 unspecified atom stereocenters. The molecule has 0 amide bonds. The summed E-state index contributed by atoms with van der Waals surface area (Å²) in [4.78, 5) is 8.27. The highest BCUT2D eigenvalue weighted by atomic mass is 35.5. The quantitative estimate of drug-likeness (QED) is 0.722. The number of H-pyrrole nitrogens is 1. The number of aromatic nitrogens is 2. The predicted molar refractivity (Wildman–Crippen MR) is 112 cm³/mol. The van der Waals surface area contributed by atoms with E-state index in [1.54, 1.807) is 35.7 Å². The number of benzene rings is 1. The van der Waals surface area contributed by atoms with Gasteiger partial charge < -0.3 is 10.1 Å². The number of nitrogens with zero attached hydrogens (tertiary/aromatic N) is 1. The van der Waals surface area contributed by atoms with E-state index < -0.39 is 0 Å². The van der Waals surface area contributed by atoms with Crippen LogP contribution in [0.4, 0.5) is 0 Å². The first-order valence-electron chi connectivity index (χ1n) is 8.10. The molecule has 0 bridgehead atoms. The normalized spacial score (nSPS) is 29.2. The average Bonchev–Trinajstić information content (AvgIpc) is 3.22. The number of hydrogen-bond acceptors (Lipinski definition) is 4. The first-order chi connectivity index (χ1) is 12.3. The SMILES string of the molecule is CC12SC(Cl)=CC1=c1nc(-c3ccccc3O)[nH]c1=C1C=C(Cl)SC12C. The Morgan fingerprint density at radius 3 is 2.31 bits per heavy atom. The van der Waals surface area contributed by atoms with Crippen LogP contribution in [0.25, 0.3) is 22.5 Å². The number of fused-ring (bicyclic) bond motifs is 4. The first kappa shape index (κ1) is 16.9. The van der Waals surface area contributed by atoms with E-state index in [0.717, 1.165) is 30.6 Å². The lowest BCUT2D eigenvalue weighted by molar-refractivity contribution is 0.477. The van der Waals surface area contributed by atoms with Gasteiger partial charge >= 0.3 is 0 Å². The molecule has 26 heavy (non-hydrogen) atoms. The van der Waals surface area contributed by atoms with E-state index in [2.05, 4.69) is 18.8 Å². The molecule has 5 rings (SSSR count). The van der Waals surface area contributed by atoms with Crippen LogP contribution in [0.1, 0.15) is 13.8 Å². The molecule has 3 nitrogen and oxygen atoms in total. The van der Waals surface area contributed by atoms with E-state index in [9.17, 15) is 5.11 Å². The number of para-hydroxylation sites is 1. The van der Waals surface area contributed by atoms with Crippen LogP contribution in [0.15, 0.2) is 45.1 Å². The fraction of sp³-hybridized carbons (Fsp3) is 0.211. The van der Waals surface area contributed by atoms with E-state index in [0.29, 0.717) is 11.4 Å². The summed E-state index contributed by atoms with van der Waals surface area (Å²) in [7, 11) is 0. The summed E-state index contributed by atoms with van der Waals surface area (Å²) in [5.41, 5.74) is 2.89. The minimum absolute atomic E-state index is 0.197. The zero-order valence-electron chi connectivity index (χ0n) is 13.9. The van der Waals surface area contributed by atoms with Crippen molar-refractivity contribution < 1.29 is 5.11 Å². The molecule has 2 aliphatic heterocycles. The van der Waals surface area contributed by atoms with Gasteiger partial charge in [-0.2, -0.15) is 0 Å². The van der Waals surface area contributed by atoms with Crippen LogP contribution in [0.3, 0.4) is 0 Å². The lowest BCUT2D eigenvalue weighted by Crippen LogP contribution is -2.53. The summed E-state index contributed by atoms with van der Waals surface area (Å²) < 4.78 is 0.993. The number of aromatic hydroxyl groups is 1. The van der Waals surface area contributed by atoms with Gasteiger partial charge in [-0.1, -0.05) is 35.3 Å². The highest BCUT2D eigenvalue weighted by molar-refractivity contribution is 8.11. The molecule has 2 atom stereocenters. The van der Waals surface area contributed by atoms with Gasteiger partial charge in [-0.15, -0.1) is 23.5 Å². The van der Waals surface area contributed by atoms with E-state index in [4.69, 9.17) is 28.2 Å². The van der Waals surface area contributed by atoms with Gasteiger partial charge in [0.05, 0.1) is 34.5 Å². The molecule has 0 spiro atoms. The number of phenols is 1. The number of phenolic OH excluding ortho intramolecular Hbond substituents is 1. The summed E-state index contributed by atoms with van der Waals surface area (Å²) in [5, 5.41) is 12.1. The smallest absolute Gasteiger partial charge is 0.142 e. The predicted octanol–water partition coefficient (Wildman–Crippen LogP) is 4.27. The zero-order valence-corrected chi connectivity index (χ0v) is 17.1. The molecule has 2 aromatic rings. The minimum Gasteiger partial charge on any atom is -0.507 e. The van der Waals surface area contributed by atoms with E-state index >= 15 is 0 Å². The Bertz CT molecular complexity index is 1100. The number of aromatic amines is 1. The topological polar surface area (TPSA) is 48.9 Å². The van der Waals surface area contributed by atoms with E-state index in [1.165, 1.54) is 0 Å². The Hall–Kier alpha value is -1.27. The number of allylic oxidation sites excluding steroid dienone is 2. The molecule has 2 N–H and O–H groups in total. The maximum atomic E-state index is 10.2. The minimum atomic E-state index is -0.268. The molecule has 0 saturated heterocycles. The van der Waals surface area contributed by atoms with Crippen LogP contribution in [0, 0.1) is 0 Å². The van der Waals surface area contributed by atoms with Gasteiger partial charge in [0.25, 0.3) is 0 Å². The Morgan fingerprint density at radius 1 is 1.00 bits per heavy atom. The molecule has 3 aliphatic rings. The molecule has 7 heteroatoms. The molecule has 1 aliphatic carbocycles. The molecule has 0 saturated carbocycles. The largest absolute Gasteiger partial charge is 0.507 e. The van der Waals surface area contributed by atoms with Crippen molar-refractivity contribution in [2.45, 2.75) is 23.3 Å². The maximum Gasteiger partial charge on any atom is 0.142 e. The van der Waals surface area contributed by atoms with Crippen molar-refractivity contribution in [3.05, 3.63) is 55.8 Å². The van der Waals surface area contributed by atoms with Crippen LogP contribution in [-0.4, -0.2) is 24.6 Å². The average molecular weight is 421 g/mol. The zero-order chi connectivity index (χ0) is 18.3. The van der Waals surface area contributed by atoms with Crippen molar-refractivity contribution in [3.8, 4) is 17.1 Å². The van der Waals surface area contributed by atoms with E-state index in [1.807, 2.05) is 24.3 Å². The Labute approximate surface area is 168 Å². The fourth-order valence-electron chi connectivity index (χ4n) is 3.94. The van der Waals surface area contributed by atoms with Gasteiger partial charge in [0.15, 0.2) is 0 Å². The highest BCUT2D eigenvalue weighted by Crippen LogP contribution is 2.65. The van der Waals surface area contributed by atoms with Gasteiger partial charge in [0, 0.05) is 0 Å². The Balaban J connectivity index is 1.92. The third kappa shape index (κ3) is 2.03. The number of hydrogen-bond donors (Lipinski definition) is 2. The van der Waals surface area contributed by atoms with Crippen molar-refractivity contribution in [1.29, 1.82) is 0 Å². The second-order valence-electron chi connectivity index (χ2n) is 6.82. The van der Waals surface area contributed by atoms with Gasteiger partial charge in [-0.3, -0.25) is 0 Å². The van der Waals surface area contributed by atoms with Crippen LogP contribution >= 0.6 is 46.7 Å². The summed E-state index contributed by atoms with van der Waals surface area (Å²) in [6.07, 6.45) is 4.03. The first-order valence-corrected chi connectivity index (χ1v) is 10.5. The van der Waals surface area contributed by atoms with Crippen molar-refractivity contribution >= 4 is 57.9 Å². The number of rotatable bonds is 1. The number of thioether (sulfide) groups is 2. The summed E-state index contributed by atoms with van der Waals surface area (Å²) >= 11 is 16.2. The van der Waals surface area contributed by atoms with Gasteiger partial charge in [0.2, 0.25) is 0 Å². The second-order valence-corrected chi connectivity index (χ2v) is 11.0. The van der Waals surface area contributed by atoms with Crippen molar-refractivity contribution in [1.82, 2.24) is 9.97 Å². The summed E-state index contributed by atoms with van der Waals surface area (Å²) in [6, 6.07) is 7.20. The van der Waals surface area contributed by atoms with Crippen molar-refractivity contribution in [2.75, 3.05) is 0 Å². The molecule has 1 aromatic heterocycles. The highest BCUT2D eigenvalue weighted by Gasteiger charge is 2.57. The standard InChI is InChI=1S/C19H14Cl2N2OS2/c1-18-10(7-13(20)25-18)15-16(11-8-14(21)26-19(11,18)2)23-17(22-15)9-5-3-4-6-12(9)24/h3-8,24H,1-2H3,(H,22,23).